The van der Waals surface area contributed by atoms with Gasteiger partial charge < -0.3 is 15.4 Å². The molecule has 0 heterocycles. The average molecular weight is 417 g/mol. The number of hydrogen-bond acceptors (Lipinski definition) is 4. The molecular weight excluding hydrogens is 392 g/mol. The number of carbonyl (C=O) groups excluding carboxylic acids is 3. The van der Waals surface area contributed by atoms with Crippen LogP contribution in [0.4, 0.5) is 0 Å². The Morgan fingerprint density at radius 2 is 1.66 bits per heavy atom. The van der Waals surface area contributed by atoms with E-state index in [0.29, 0.717) is 16.5 Å². The van der Waals surface area contributed by atoms with Crippen LogP contribution in [-0.4, -0.2) is 30.9 Å². The van der Waals surface area contributed by atoms with Crippen LogP contribution in [0.25, 0.3) is 0 Å². The molecule has 2 rings (SSSR count). The van der Waals surface area contributed by atoms with Crippen molar-refractivity contribution in [3.63, 3.8) is 0 Å². The molecule has 0 aliphatic heterocycles. The molecule has 0 aromatic heterocycles. The maximum absolute atomic E-state index is 12.2. The van der Waals surface area contributed by atoms with E-state index in [1.165, 1.54) is 0 Å². The molecule has 0 spiro atoms. The molecule has 2 aromatic rings. The van der Waals surface area contributed by atoms with E-state index < -0.39 is 24.4 Å². The lowest BCUT2D eigenvalue weighted by Gasteiger charge is -2.21. The van der Waals surface area contributed by atoms with E-state index in [4.69, 9.17) is 16.3 Å². The number of esters is 1. The van der Waals surface area contributed by atoms with Crippen LogP contribution in [0.3, 0.4) is 0 Å². The molecule has 1 atom stereocenters. The van der Waals surface area contributed by atoms with E-state index in [9.17, 15) is 14.4 Å². The standard InChI is InChI=1S/C22H25ClN2O4/c1-15(2)12-19(16-6-4-3-5-7-16)25-20(26)14-29-21(27)13-24-22(28)17-8-10-18(23)11-9-17/h3-11,15,19H,12-14H2,1-2H3,(H,24,28)(H,25,26)/t19-/m0/s1. The molecular formula is C22H25ClN2O4. The highest BCUT2D eigenvalue weighted by Gasteiger charge is 2.17. The first-order valence-corrected chi connectivity index (χ1v) is 9.76. The second-order valence-corrected chi connectivity index (χ2v) is 7.45. The van der Waals surface area contributed by atoms with Gasteiger partial charge in [0.1, 0.15) is 6.54 Å². The van der Waals surface area contributed by atoms with Crippen molar-refractivity contribution in [2.45, 2.75) is 26.3 Å². The lowest BCUT2D eigenvalue weighted by molar-refractivity contribution is -0.147. The normalized spacial score (nSPS) is 11.6. The highest BCUT2D eigenvalue weighted by atomic mass is 35.5. The average Bonchev–Trinajstić information content (AvgIpc) is 2.71. The van der Waals surface area contributed by atoms with Crippen LogP contribution in [0.2, 0.25) is 5.02 Å². The Hall–Kier alpha value is -2.86. The molecule has 2 aromatic carbocycles. The zero-order chi connectivity index (χ0) is 21.2. The Morgan fingerprint density at radius 3 is 2.28 bits per heavy atom. The number of carbonyl (C=O) groups is 3. The fourth-order valence-electron chi connectivity index (χ4n) is 2.72. The second kappa shape index (κ2) is 11.2. The molecule has 0 radical (unpaired) electrons. The summed E-state index contributed by atoms with van der Waals surface area (Å²) >= 11 is 5.77. The minimum Gasteiger partial charge on any atom is -0.454 e. The van der Waals surface area contributed by atoms with Gasteiger partial charge in [-0.15, -0.1) is 0 Å². The molecule has 0 aliphatic rings. The number of hydrogen-bond donors (Lipinski definition) is 2. The molecule has 0 fully saturated rings. The number of benzene rings is 2. The molecule has 0 bridgehead atoms. The molecule has 7 heteroatoms. The largest absolute Gasteiger partial charge is 0.454 e. The zero-order valence-electron chi connectivity index (χ0n) is 16.5. The van der Waals surface area contributed by atoms with Gasteiger partial charge in [-0.05, 0) is 42.2 Å². The van der Waals surface area contributed by atoms with Crippen LogP contribution >= 0.6 is 11.6 Å². The summed E-state index contributed by atoms with van der Waals surface area (Å²) in [5.41, 5.74) is 1.37. The topological polar surface area (TPSA) is 84.5 Å². The Morgan fingerprint density at radius 1 is 1.00 bits per heavy atom. The third-order valence-electron chi connectivity index (χ3n) is 4.11. The molecule has 0 unspecified atom stereocenters. The summed E-state index contributed by atoms with van der Waals surface area (Å²) in [5, 5.41) is 5.86. The monoisotopic (exact) mass is 416 g/mol. The summed E-state index contributed by atoms with van der Waals surface area (Å²) in [7, 11) is 0. The summed E-state index contributed by atoms with van der Waals surface area (Å²) in [5.74, 6) is -1.13. The fraction of sp³-hybridized carbons (Fsp3) is 0.318. The highest BCUT2D eigenvalue weighted by Crippen LogP contribution is 2.20. The van der Waals surface area contributed by atoms with Crippen LogP contribution in [0.15, 0.2) is 54.6 Å². The minimum atomic E-state index is -0.692. The Bertz CT molecular complexity index is 822. The van der Waals surface area contributed by atoms with Crippen LogP contribution in [-0.2, 0) is 14.3 Å². The first kappa shape index (κ1) is 22.4. The van der Waals surface area contributed by atoms with E-state index in [0.717, 1.165) is 12.0 Å². The molecule has 29 heavy (non-hydrogen) atoms. The van der Waals surface area contributed by atoms with Gasteiger partial charge in [0, 0.05) is 10.6 Å². The highest BCUT2D eigenvalue weighted by molar-refractivity contribution is 6.30. The van der Waals surface area contributed by atoms with Crippen molar-refractivity contribution in [1.82, 2.24) is 10.6 Å². The predicted molar refractivity (Wildman–Crippen MR) is 112 cm³/mol. The molecule has 154 valence electrons. The number of amides is 2. The summed E-state index contributed by atoms with van der Waals surface area (Å²) in [6, 6.07) is 15.8. The van der Waals surface area contributed by atoms with Crippen molar-refractivity contribution in [2.24, 2.45) is 5.92 Å². The molecule has 0 aliphatic carbocycles. The van der Waals surface area contributed by atoms with E-state index >= 15 is 0 Å². The van der Waals surface area contributed by atoms with E-state index in [1.54, 1.807) is 24.3 Å². The molecule has 2 amide bonds. The molecule has 0 saturated heterocycles. The Labute approximate surface area is 175 Å². The van der Waals surface area contributed by atoms with Crippen molar-refractivity contribution in [3.8, 4) is 0 Å². The van der Waals surface area contributed by atoms with Gasteiger partial charge in [-0.1, -0.05) is 55.8 Å². The molecule has 2 N–H and O–H groups in total. The Balaban J connectivity index is 1.78. The van der Waals surface area contributed by atoms with Gasteiger partial charge in [-0.3, -0.25) is 14.4 Å². The lowest BCUT2D eigenvalue weighted by atomic mass is 9.97. The van der Waals surface area contributed by atoms with Gasteiger partial charge >= 0.3 is 5.97 Å². The third-order valence-corrected chi connectivity index (χ3v) is 4.36. The van der Waals surface area contributed by atoms with E-state index in [-0.39, 0.29) is 12.6 Å². The van der Waals surface area contributed by atoms with Gasteiger partial charge in [0.15, 0.2) is 6.61 Å². The number of nitrogens with one attached hydrogen (secondary N) is 2. The van der Waals surface area contributed by atoms with Crippen molar-refractivity contribution < 1.29 is 19.1 Å². The van der Waals surface area contributed by atoms with E-state index in [2.05, 4.69) is 24.5 Å². The van der Waals surface area contributed by atoms with Gasteiger partial charge in [-0.25, -0.2) is 0 Å². The molecule has 6 nitrogen and oxygen atoms in total. The van der Waals surface area contributed by atoms with Crippen molar-refractivity contribution in [2.75, 3.05) is 13.2 Å². The zero-order valence-corrected chi connectivity index (χ0v) is 17.2. The van der Waals surface area contributed by atoms with Crippen LogP contribution in [0.5, 0.6) is 0 Å². The van der Waals surface area contributed by atoms with Gasteiger partial charge in [0.05, 0.1) is 6.04 Å². The van der Waals surface area contributed by atoms with Gasteiger partial charge in [-0.2, -0.15) is 0 Å². The fourth-order valence-corrected chi connectivity index (χ4v) is 2.85. The maximum atomic E-state index is 12.2. The summed E-state index contributed by atoms with van der Waals surface area (Å²) in [6.45, 7) is 3.41. The van der Waals surface area contributed by atoms with Crippen LogP contribution in [0, 0.1) is 5.92 Å². The quantitative estimate of drug-likeness (QED) is 0.612. The smallest absolute Gasteiger partial charge is 0.325 e. The lowest BCUT2D eigenvalue weighted by Crippen LogP contribution is -2.35. The second-order valence-electron chi connectivity index (χ2n) is 7.01. The predicted octanol–water partition coefficient (Wildman–Crippen LogP) is 3.52. The SMILES string of the molecule is CC(C)C[C@H](NC(=O)COC(=O)CNC(=O)c1ccc(Cl)cc1)c1ccccc1. The van der Waals surface area contributed by atoms with Gasteiger partial charge in [0.25, 0.3) is 11.8 Å². The maximum Gasteiger partial charge on any atom is 0.325 e. The summed E-state index contributed by atoms with van der Waals surface area (Å²) < 4.78 is 4.96. The van der Waals surface area contributed by atoms with Crippen LogP contribution in [0.1, 0.15) is 42.2 Å². The van der Waals surface area contributed by atoms with Gasteiger partial charge in [0.2, 0.25) is 0 Å². The third kappa shape index (κ3) is 7.95. The van der Waals surface area contributed by atoms with Crippen molar-refractivity contribution in [1.29, 1.82) is 0 Å². The van der Waals surface area contributed by atoms with Crippen molar-refractivity contribution in [3.05, 3.63) is 70.7 Å². The Kier molecular flexibility index (Phi) is 8.68. The van der Waals surface area contributed by atoms with Crippen molar-refractivity contribution >= 4 is 29.4 Å². The summed E-state index contributed by atoms with van der Waals surface area (Å²) in [4.78, 5) is 36.0. The minimum absolute atomic E-state index is 0.160. The number of rotatable bonds is 9. The molecule has 0 saturated carbocycles. The number of halogens is 1. The van der Waals surface area contributed by atoms with E-state index in [1.807, 2.05) is 30.3 Å². The van der Waals surface area contributed by atoms with Crippen LogP contribution < -0.4 is 10.6 Å². The first-order chi connectivity index (χ1) is 13.8. The number of ether oxygens (including phenoxy) is 1. The first-order valence-electron chi connectivity index (χ1n) is 9.39. The summed E-state index contributed by atoms with van der Waals surface area (Å²) in [6.07, 6.45) is 0.765.